The van der Waals surface area contributed by atoms with Crippen LogP contribution >= 0.6 is 0 Å². The van der Waals surface area contributed by atoms with Crippen LogP contribution in [-0.4, -0.2) is 66.5 Å². The van der Waals surface area contributed by atoms with Crippen molar-refractivity contribution in [3.63, 3.8) is 0 Å². The van der Waals surface area contributed by atoms with Crippen LogP contribution in [-0.2, 0) is 14.8 Å². The Morgan fingerprint density at radius 2 is 1.79 bits per heavy atom. The predicted octanol–water partition coefficient (Wildman–Crippen LogP) is 1.17. The molecule has 1 saturated heterocycles. The van der Waals surface area contributed by atoms with Crippen molar-refractivity contribution in [2.45, 2.75) is 4.90 Å². The second kappa shape index (κ2) is 7.66. The SMILES string of the molecule is O=C(COc1ccc(S(=O)(=O)N2CCOCC2)cc1)n1nnc2ccccc21. The minimum atomic E-state index is -3.56. The van der Waals surface area contributed by atoms with Gasteiger partial charge < -0.3 is 9.47 Å². The molecule has 9 nitrogen and oxygen atoms in total. The number of morpholine rings is 1. The number of sulfonamides is 1. The van der Waals surface area contributed by atoms with Crippen molar-refractivity contribution >= 4 is 27.0 Å². The van der Waals surface area contributed by atoms with Gasteiger partial charge in [0.15, 0.2) is 6.61 Å². The van der Waals surface area contributed by atoms with Crippen LogP contribution in [0.25, 0.3) is 11.0 Å². The lowest BCUT2D eigenvalue weighted by molar-refractivity contribution is 0.0730. The standard InChI is InChI=1S/C18H18N4O5S/c23-18(22-17-4-2-1-3-16(17)19-20-22)13-27-14-5-7-15(8-6-14)28(24,25)21-9-11-26-12-10-21/h1-8H,9-13H2. The molecule has 1 fully saturated rings. The van der Waals surface area contributed by atoms with E-state index in [2.05, 4.69) is 10.3 Å². The third kappa shape index (κ3) is 3.61. The fourth-order valence-corrected chi connectivity index (χ4v) is 4.31. The van der Waals surface area contributed by atoms with Gasteiger partial charge in [-0.15, -0.1) is 5.10 Å². The van der Waals surface area contributed by atoms with E-state index in [9.17, 15) is 13.2 Å². The summed E-state index contributed by atoms with van der Waals surface area (Å²) in [6.07, 6.45) is 0. The van der Waals surface area contributed by atoms with E-state index in [0.29, 0.717) is 43.1 Å². The third-order valence-electron chi connectivity index (χ3n) is 4.38. The van der Waals surface area contributed by atoms with Crippen molar-refractivity contribution in [2.75, 3.05) is 32.9 Å². The van der Waals surface area contributed by atoms with E-state index in [4.69, 9.17) is 9.47 Å². The first kappa shape index (κ1) is 18.5. The minimum Gasteiger partial charge on any atom is -0.484 e. The molecular formula is C18H18N4O5S. The summed E-state index contributed by atoms with van der Waals surface area (Å²) in [4.78, 5) is 12.5. The second-order valence-corrected chi connectivity index (χ2v) is 8.10. The van der Waals surface area contributed by atoms with Crippen molar-refractivity contribution in [3.05, 3.63) is 48.5 Å². The van der Waals surface area contributed by atoms with Crippen LogP contribution in [0.5, 0.6) is 5.75 Å². The largest absolute Gasteiger partial charge is 0.484 e. The molecule has 0 bridgehead atoms. The molecule has 146 valence electrons. The monoisotopic (exact) mass is 402 g/mol. The van der Waals surface area contributed by atoms with E-state index in [1.807, 2.05) is 6.07 Å². The Labute approximate surface area is 161 Å². The van der Waals surface area contributed by atoms with E-state index < -0.39 is 10.0 Å². The van der Waals surface area contributed by atoms with Crippen molar-refractivity contribution in [3.8, 4) is 5.75 Å². The van der Waals surface area contributed by atoms with Crippen LogP contribution in [0.15, 0.2) is 53.4 Å². The molecule has 0 atom stereocenters. The molecule has 2 heterocycles. The van der Waals surface area contributed by atoms with Gasteiger partial charge in [0.2, 0.25) is 10.0 Å². The van der Waals surface area contributed by atoms with Crippen LogP contribution in [0.4, 0.5) is 0 Å². The maximum Gasteiger partial charge on any atom is 0.286 e. The number of benzene rings is 2. The molecule has 0 radical (unpaired) electrons. The van der Waals surface area contributed by atoms with Gasteiger partial charge in [-0.2, -0.15) is 8.99 Å². The lowest BCUT2D eigenvalue weighted by Gasteiger charge is -2.26. The fourth-order valence-electron chi connectivity index (χ4n) is 2.90. The number of aromatic nitrogens is 3. The summed E-state index contributed by atoms with van der Waals surface area (Å²) in [5.74, 6) is 0.0115. The predicted molar refractivity (Wildman–Crippen MR) is 99.7 cm³/mol. The fraction of sp³-hybridized carbons (Fsp3) is 0.278. The summed E-state index contributed by atoms with van der Waals surface area (Å²) in [5.41, 5.74) is 1.22. The lowest BCUT2D eigenvalue weighted by atomic mass is 10.3. The highest BCUT2D eigenvalue weighted by atomic mass is 32.2. The normalized spacial score (nSPS) is 15.6. The number of para-hydroxylation sites is 1. The van der Waals surface area contributed by atoms with Gasteiger partial charge >= 0.3 is 0 Å². The van der Waals surface area contributed by atoms with Gasteiger partial charge in [0.25, 0.3) is 5.91 Å². The number of carbonyl (C=O) groups excluding carboxylic acids is 1. The van der Waals surface area contributed by atoms with E-state index in [0.717, 1.165) is 0 Å². The van der Waals surface area contributed by atoms with Crippen LogP contribution < -0.4 is 4.74 Å². The van der Waals surface area contributed by atoms with Gasteiger partial charge in [-0.1, -0.05) is 17.3 Å². The molecule has 2 aromatic carbocycles. The summed E-state index contributed by atoms with van der Waals surface area (Å²) < 4.78 is 38.5. The Morgan fingerprint density at radius 3 is 2.54 bits per heavy atom. The molecule has 0 N–H and O–H groups in total. The van der Waals surface area contributed by atoms with Gasteiger partial charge in [-0.3, -0.25) is 4.79 Å². The molecule has 1 aliphatic heterocycles. The van der Waals surface area contributed by atoms with E-state index >= 15 is 0 Å². The van der Waals surface area contributed by atoms with Gasteiger partial charge in [-0.05, 0) is 36.4 Å². The Hall–Kier alpha value is -2.82. The molecule has 4 rings (SSSR count). The second-order valence-electron chi connectivity index (χ2n) is 6.16. The third-order valence-corrected chi connectivity index (χ3v) is 6.29. The molecule has 0 spiro atoms. The van der Waals surface area contributed by atoms with Crippen LogP contribution in [0, 0.1) is 0 Å². The minimum absolute atomic E-state index is 0.176. The Morgan fingerprint density at radius 1 is 1.07 bits per heavy atom. The molecule has 0 saturated carbocycles. The zero-order valence-corrected chi connectivity index (χ0v) is 15.7. The van der Waals surface area contributed by atoms with Crippen molar-refractivity contribution in [1.82, 2.24) is 19.3 Å². The first-order chi connectivity index (χ1) is 13.6. The van der Waals surface area contributed by atoms with Crippen LogP contribution in [0.3, 0.4) is 0 Å². The molecule has 1 aliphatic rings. The molecule has 0 unspecified atom stereocenters. The summed E-state index contributed by atoms with van der Waals surface area (Å²) in [5, 5.41) is 7.78. The summed E-state index contributed by atoms with van der Waals surface area (Å²) in [6, 6.07) is 13.1. The summed E-state index contributed by atoms with van der Waals surface area (Å²) in [6.45, 7) is 1.20. The maximum atomic E-state index is 12.6. The molecule has 0 amide bonds. The number of rotatable bonds is 5. The van der Waals surface area contributed by atoms with Crippen LogP contribution in [0.1, 0.15) is 4.79 Å². The Kier molecular flexibility index (Phi) is 5.07. The van der Waals surface area contributed by atoms with E-state index in [-0.39, 0.29) is 17.4 Å². The first-order valence-electron chi connectivity index (χ1n) is 8.70. The highest BCUT2D eigenvalue weighted by Gasteiger charge is 2.26. The first-order valence-corrected chi connectivity index (χ1v) is 10.1. The summed E-state index contributed by atoms with van der Waals surface area (Å²) >= 11 is 0. The number of hydrogen-bond donors (Lipinski definition) is 0. The van der Waals surface area contributed by atoms with Gasteiger partial charge in [0.05, 0.1) is 23.6 Å². The molecular weight excluding hydrogens is 384 g/mol. The number of carbonyl (C=O) groups is 1. The zero-order chi connectivity index (χ0) is 19.6. The van der Waals surface area contributed by atoms with Crippen molar-refractivity contribution in [2.24, 2.45) is 0 Å². The molecule has 3 aromatic rings. The summed E-state index contributed by atoms with van der Waals surface area (Å²) in [7, 11) is -3.56. The van der Waals surface area contributed by atoms with Gasteiger partial charge in [0.1, 0.15) is 11.3 Å². The topological polar surface area (TPSA) is 104 Å². The average Bonchev–Trinajstić information content (AvgIpc) is 3.17. The zero-order valence-electron chi connectivity index (χ0n) is 14.9. The van der Waals surface area contributed by atoms with E-state index in [1.54, 1.807) is 18.2 Å². The number of ether oxygens (including phenoxy) is 2. The maximum absolute atomic E-state index is 12.6. The number of hydrogen-bond acceptors (Lipinski definition) is 7. The van der Waals surface area contributed by atoms with Crippen LogP contribution in [0.2, 0.25) is 0 Å². The highest BCUT2D eigenvalue weighted by molar-refractivity contribution is 7.89. The quantitative estimate of drug-likeness (QED) is 0.631. The molecule has 1 aromatic heterocycles. The molecule has 28 heavy (non-hydrogen) atoms. The van der Waals surface area contributed by atoms with Gasteiger partial charge in [-0.25, -0.2) is 8.42 Å². The highest BCUT2D eigenvalue weighted by Crippen LogP contribution is 2.20. The molecule has 10 heteroatoms. The van der Waals surface area contributed by atoms with E-state index in [1.165, 1.54) is 33.3 Å². The lowest BCUT2D eigenvalue weighted by Crippen LogP contribution is -2.40. The average molecular weight is 402 g/mol. The van der Waals surface area contributed by atoms with Gasteiger partial charge in [0, 0.05) is 13.1 Å². The van der Waals surface area contributed by atoms with Crippen molar-refractivity contribution < 1.29 is 22.7 Å². The molecule has 0 aliphatic carbocycles. The Bertz CT molecular complexity index is 1090. The number of nitrogens with zero attached hydrogens (tertiary/aromatic N) is 4. The number of fused-ring (bicyclic) bond motifs is 1. The smallest absolute Gasteiger partial charge is 0.286 e. The Balaban J connectivity index is 1.42. The van der Waals surface area contributed by atoms with Crippen molar-refractivity contribution in [1.29, 1.82) is 0 Å².